The summed E-state index contributed by atoms with van der Waals surface area (Å²) in [5, 5.41) is 0. The molecule has 74 valence electrons. The summed E-state index contributed by atoms with van der Waals surface area (Å²) in [5.41, 5.74) is 0. The molecule has 0 nitrogen and oxygen atoms in total. The molecule has 0 atom stereocenters. The van der Waals surface area contributed by atoms with Gasteiger partial charge in [-0.1, -0.05) is 37.1 Å². The van der Waals surface area contributed by atoms with Crippen LogP contribution in [-0.4, -0.2) is 4.75 Å². The SMILES string of the molecule is C=CC1(Sc2ccccc2)CCCC1. The maximum absolute atomic E-state index is 3.99. The average Bonchev–Trinajstić information content (AvgIpc) is 2.69. The zero-order chi connectivity index (χ0) is 9.86. The molecule has 2 rings (SSSR count). The quantitative estimate of drug-likeness (QED) is 0.662. The summed E-state index contributed by atoms with van der Waals surface area (Å²) in [6.45, 7) is 3.99. The Labute approximate surface area is 90.4 Å². The highest BCUT2D eigenvalue weighted by Gasteiger charge is 2.31. The first kappa shape index (κ1) is 9.85. The molecule has 1 aliphatic carbocycles. The van der Waals surface area contributed by atoms with Gasteiger partial charge in [-0.2, -0.15) is 0 Å². The Bertz CT molecular complexity index is 296. The van der Waals surface area contributed by atoms with Crippen LogP contribution in [-0.2, 0) is 0 Å². The van der Waals surface area contributed by atoms with Gasteiger partial charge in [0.15, 0.2) is 0 Å². The molecular formula is C13H16S. The van der Waals surface area contributed by atoms with Crippen molar-refractivity contribution in [3.05, 3.63) is 43.0 Å². The minimum atomic E-state index is 0.321. The van der Waals surface area contributed by atoms with Gasteiger partial charge in [0.25, 0.3) is 0 Å². The number of hydrogen-bond acceptors (Lipinski definition) is 1. The normalized spacial score (nSPS) is 19.4. The molecule has 0 unspecified atom stereocenters. The van der Waals surface area contributed by atoms with E-state index in [1.165, 1.54) is 30.6 Å². The average molecular weight is 204 g/mol. The summed E-state index contributed by atoms with van der Waals surface area (Å²) in [7, 11) is 0. The second-order valence-corrected chi connectivity index (χ2v) is 5.38. The molecule has 0 saturated heterocycles. The Morgan fingerprint density at radius 2 is 1.79 bits per heavy atom. The lowest BCUT2D eigenvalue weighted by atomic mass is 10.1. The molecule has 1 fully saturated rings. The highest BCUT2D eigenvalue weighted by atomic mass is 32.2. The maximum Gasteiger partial charge on any atom is 0.0383 e. The molecule has 1 aromatic rings. The molecule has 0 radical (unpaired) electrons. The third kappa shape index (κ3) is 2.03. The molecule has 1 saturated carbocycles. The van der Waals surface area contributed by atoms with E-state index in [-0.39, 0.29) is 0 Å². The zero-order valence-corrected chi connectivity index (χ0v) is 9.22. The molecule has 0 amide bonds. The van der Waals surface area contributed by atoms with Gasteiger partial charge in [0.05, 0.1) is 0 Å². The van der Waals surface area contributed by atoms with Gasteiger partial charge >= 0.3 is 0 Å². The van der Waals surface area contributed by atoms with Gasteiger partial charge in [0.2, 0.25) is 0 Å². The number of hydrogen-bond donors (Lipinski definition) is 0. The molecule has 1 aromatic carbocycles. The first-order chi connectivity index (χ1) is 6.85. The fourth-order valence-electron chi connectivity index (χ4n) is 2.04. The molecule has 1 heteroatoms. The minimum absolute atomic E-state index is 0.321. The van der Waals surface area contributed by atoms with Crippen molar-refractivity contribution in [3.8, 4) is 0 Å². The number of benzene rings is 1. The van der Waals surface area contributed by atoms with Crippen LogP contribution >= 0.6 is 11.8 Å². The van der Waals surface area contributed by atoms with Crippen molar-refractivity contribution in [2.24, 2.45) is 0 Å². The van der Waals surface area contributed by atoms with E-state index in [1.54, 1.807) is 0 Å². The zero-order valence-electron chi connectivity index (χ0n) is 8.41. The van der Waals surface area contributed by atoms with Crippen molar-refractivity contribution in [1.82, 2.24) is 0 Å². The minimum Gasteiger partial charge on any atom is -0.115 e. The van der Waals surface area contributed by atoms with E-state index in [2.05, 4.69) is 43.0 Å². The van der Waals surface area contributed by atoms with E-state index in [9.17, 15) is 0 Å². The summed E-state index contributed by atoms with van der Waals surface area (Å²) in [6, 6.07) is 10.7. The second-order valence-electron chi connectivity index (χ2n) is 3.89. The Hall–Kier alpha value is -0.690. The highest BCUT2D eigenvalue weighted by Crippen LogP contribution is 2.45. The lowest BCUT2D eigenvalue weighted by Gasteiger charge is -2.23. The molecular weight excluding hydrogens is 188 g/mol. The fraction of sp³-hybridized carbons (Fsp3) is 0.385. The molecule has 0 N–H and O–H groups in total. The summed E-state index contributed by atoms with van der Waals surface area (Å²) < 4.78 is 0.321. The van der Waals surface area contributed by atoms with Gasteiger partial charge in [-0.05, 0) is 25.0 Å². The van der Waals surface area contributed by atoms with Crippen LogP contribution in [0, 0.1) is 0 Å². The third-order valence-corrected chi connectivity index (χ3v) is 4.38. The monoisotopic (exact) mass is 204 g/mol. The topological polar surface area (TPSA) is 0 Å². The van der Waals surface area contributed by atoms with E-state index in [1.807, 2.05) is 11.8 Å². The molecule has 1 aliphatic rings. The van der Waals surface area contributed by atoms with E-state index in [0.29, 0.717) is 4.75 Å². The maximum atomic E-state index is 3.99. The molecule has 0 aromatic heterocycles. The standard InChI is InChI=1S/C13H16S/c1-2-13(10-6-7-11-13)14-12-8-4-3-5-9-12/h2-5,8-9H,1,6-7,10-11H2. The molecule has 0 aliphatic heterocycles. The Morgan fingerprint density at radius 3 is 2.36 bits per heavy atom. The van der Waals surface area contributed by atoms with Gasteiger partial charge in [-0.3, -0.25) is 0 Å². The summed E-state index contributed by atoms with van der Waals surface area (Å²) in [6.07, 6.45) is 7.43. The van der Waals surface area contributed by atoms with Crippen LogP contribution in [0.1, 0.15) is 25.7 Å². The van der Waals surface area contributed by atoms with Crippen LogP contribution in [0.4, 0.5) is 0 Å². The van der Waals surface area contributed by atoms with E-state index >= 15 is 0 Å². The third-order valence-electron chi connectivity index (χ3n) is 2.89. The lowest BCUT2D eigenvalue weighted by molar-refractivity contribution is 0.747. The van der Waals surface area contributed by atoms with Crippen LogP contribution < -0.4 is 0 Å². The molecule has 14 heavy (non-hydrogen) atoms. The number of rotatable bonds is 3. The lowest BCUT2D eigenvalue weighted by Crippen LogP contribution is -2.15. The predicted molar refractivity (Wildman–Crippen MR) is 63.7 cm³/mol. The predicted octanol–water partition coefficient (Wildman–Crippen LogP) is 4.28. The molecule has 0 bridgehead atoms. The van der Waals surface area contributed by atoms with Crippen molar-refractivity contribution >= 4 is 11.8 Å². The van der Waals surface area contributed by atoms with E-state index in [0.717, 1.165) is 0 Å². The first-order valence-corrected chi connectivity index (χ1v) is 6.04. The van der Waals surface area contributed by atoms with Crippen LogP contribution in [0.3, 0.4) is 0 Å². The largest absolute Gasteiger partial charge is 0.115 e. The second kappa shape index (κ2) is 4.22. The summed E-state index contributed by atoms with van der Waals surface area (Å²) in [5.74, 6) is 0. The van der Waals surface area contributed by atoms with Crippen LogP contribution in [0.15, 0.2) is 47.9 Å². The Morgan fingerprint density at radius 1 is 1.14 bits per heavy atom. The first-order valence-electron chi connectivity index (χ1n) is 5.22. The van der Waals surface area contributed by atoms with Gasteiger partial charge in [0.1, 0.15) is 0 Å². The molecule has 0 spiro atoms. The van der Waals surface area contributed by atoms with Gasteiger partial charge < -0.3 is 0 Å². The Kier molecular flexibility index (Phi) is 2.97. The van der Waals surface area contributed by atoms with Crippen LogP contribution in [0.5, 0.6) is 0 Å². The summed E-state index contributed by atoms with van der Waals surface area (Å²) in [4.78, 5) is 1.37. The highest BCUT2D eigenvalue weighted by molar-refractivity contribution is 8.00. The van der Waals surface area contributed by atoms with Gasteiger partial charge in [0, 0.05) is 9.64 Å². The van der Waals surface area contributed by atoms with Crippen molar-refractivity contribution in [3.63, 3.8) is 0 Å². The van der Waals surface area contributed by atoms with Crippen molar-refractivity contribution in [2.75, 3.05) is 0 Å². The smallest absolute Gasteiger partial charge is 0.0383 e. The number of thioether (sulfide) groups is 1. The van der Waals surface area contributed by atoms with Gasteiger partial charge in [-0.25, -0.2) is 0 Å². The van der Waals surface area contributed by atoms with Crippen LogP contribution in [0.25, 0.3) is 0 Å². The van der Waals surface area contributed by atoms with Crippen molar-refractivity contribution < 1.29 is 0 Å². The van der Waals surface area contributed by atoms with Crippen LogP contribution in [0.2, 0.25) is 0 Å². The Balaban J connectivity index is 2.12. The molecule has 0 heterocycles. The van der Waals surface area contributed by atoms with Crippen molar-refractivity contribution in [2.45, 2.75) is 35.3 Å². The summed E-state index contributed by atoms with van der Waals surface area (Å²) >= 11 is 1.98. The van der Waals surface area contributed by atoms with Crippen molar-refractivity contribution in [1.29, 1.82) is 0 Å². The van der Waals surface area contributed by atoms with E-state index < -0.39 is 0 Å². The van der Waals surface area contributed by atoms with Gasteiger partial charge in [-0.15, -0.1) is 18.3 Å². The fourth-order valence-corrected chi connectivity index (χ4v) is 3.38. The van der Waals surface area contributed by atoms with E-state index in [4.69, 9.17) is 0 Å².